The lowest BCUT2D eigenvalue weighted by molar-refractivity contribution is 0.0965. The van der Waals surface area contributed by atoms with Crippen LogP contribution < -0.4 is 5.73 Å². The normalized spacial score (nSPS) is 37.1. The van der Waals surface area contributed by atoms with E-state index in [0.717, 1.165) is 12.6 Å². The van der Waals surface area contributed by atoms with E-state index in [1.165, 1.54) is 51.2 Å². The second-order valence-electron chi connectivity index (χ2n) is 6.03. The Balaban J connectivity index is 2.05. The lowest BCUT2D eigenvalue weighted by atomic mass is 9.88. The molecule has 0 amide bonds. The summed E-state index contributed by atoms with van der Waals surface area (Å²) in [5, 5.41) is 0.682. The van der Waals surface area contributed by atoms with Crippen molar-refractivity contribution in [3.05, 3.63) is 0 Å². The highest BCUT2D eigenvalue weighted by molar-refractivity contribution is 8.00. The zero-order valence-electron chi connectivity index (χ0n) is 12.9. The van der Waals surface area contributed by atoms with Gasteiger partial charge < -0.3 is 5.73 Å². The molecule has 2 N–H and O–H groups in total. The third-order valence-corrected chi connectivity index (χ3v) is 6.82. The van der Waals surface area contributed by atoms with Gasteiger partial charge in [0.15, 0.2) is 0 Å². The van der Waals surface area contributed by atoms with Gasteiger partial charge in [-0.15, -0.1) is 0 Å². The fraction of sp³-hybridized carbons (Fsp3) is 1.00. The maximum absolute atomic E-state index is 6.23. The minimum atomic E-state index is 0.269. The summed E-state index contributed by atoms with van der Waals surface area (Å²) in [6.45, 7) is 12.6. The summed E-state index contributed by atoms with van der Waals surface area (Å²) in [5.74, 6) is 1.32. The van der Waals surface area contributed by atoms with E-state index in [-0.39, 0.29) is 5.54 Å². The Bertz CT molecular complexity index is 283. The number of likely N-dealkylation sites (tertiary alicyclic amines) is 1. The van der Waals surface area contributed by atoms with Crippen molar-refractivity contribution in [1.82, 2.24) is 9.80 Å². The quantitative estimate of drug-likeness (QED) is 0.837. The Morgan fingerprint density at radius 3 is 2.68 bits per heavy atom. The number of likely N-dealkylation sites (N-methyl/N-ethyl adjacent to an activating group) is 1. The molecule has 2 fully saturated rings. The Morgan fingerprint density at radius 1 is 1.37 bits per heavy atom. The van der Waals surface area contributed by atoms with E-state index in [2.05, 4.69) is 42.3 Å². The molecule has 0 aromatic heterocycles. The SMILES string of the molecule is CCN(CC)C1CCN(C2(CN)CCCSC2C)C1. The molecule has 0 aromatic carbocycles. The largest absolute Gasteiger partial charge is 0.329 e. The highest BCUT2D eigenvalue weighted by atomic mass is 32.2. The van der Waals surface area contributed by atoms with Gasteiger partial charge in [-0.1, -0.05) is 20.8 Å². The van der Waals surface area contributed by atoms with Crippen LogP contribution in [-0.2, 0) is 0 Å². The van der Waals surface area contributed by atoms with Crippen LogP contribution in [0, 0.1) is 0 Å². The van der Waals surface area contributed by atoms with Gasteiger partial charge in [-0.2, -0.15) is 11.8 Å². The molecule has 2 aliphatic rings. The Labute approximate surface area is 123 Å². The van der Waals surface area contributed by atoms with E-state index in [1.54, 1.807) is 0 Å². The number of nitrogens with zero attached hydrogens (tertiary/aromatic N) is 2. The molecule has 2 heterocycles. The molecule has 2 aliphatic heterocycles. The first-order valence-corrected chi connectivity index (χ1v) is 9.03. The molecule has 3 atom stereocenters. The van der Waals surface area contributed by atoms with Gasteiger partial charge in [-0.05, 0) is 38.1 Å². The van der Waals surface area contributed by atoms with E-state index < -0.39 is 0 Å². The monoisotopic (exact) mass is 285 g/mol. The fourth-order valence-corrected chi connectivity index (χ4v) is 5.33. The summed E-state index contributed by atoms with van der Waals surface area (Å²) < 4.78 is 0. The van der Waals surface area contributed by atoms with Crippen molar-refractivity contribution in [1.29, 1.82) is 0 Å². The first-order valence-electron chi connectivity index (χ1n) is 7.98. The summed E-state index contributed by atoms with van der Waals surface area (Å²) >= 11 is 2.12. The van der Waals surface area contributed by atoms with E-state index in [1.807, 2.05) is 0 Å². The number of hydrogen-bond donors (Lipinski definition) is 1. The van der Waals surface area contributed by atoms with Crippen molar-refractivity contribution in [3.63, 3.8) is 0 Å². The second kappa shape index (κ2) is 6.79. The maximum Gasteiger partial charge on any atom is 0.0448 e. The third kappa shape index (κ3) is 2.97. The zero-order valence-corrected chi connectivity index (χ0v) is 13.7. The van der Waals surface area contributed by atoms with Crippen molar-refractivity contribution in [2.24, 2.45) is 5.73 Å². The summed E-state index contributed by atoms with van der Waals surface area (Å²) in [6, 6.07) is 0.748. The summed E-state index contributed by atoms with van der Waals surface area (Å²) in [5.41, 5.74) is 6.50. The smallest absolute Gasteiger partial charge is 0.0448 e. The van der Waals surface area contributed by atoms with Crippen LogP contribution in [0.3, 0.4) is 0 Å². The van der Waals surface area contributed by atoms with Gasteiger partial charge in [0.1, 0.15) is 0 Å². The number of rotatable bonds is 5. The zero-order chi connectivity index (χ0) is 13.9. The lowest BCUT2D eigenvalue weighted by Gasteiger charge is -2.48. The van der Waals surface area contributed by atoms with Crippen molar-refractivity contribution in [2.75, 3.05) is 38.5 Å². The minimum Gasteiger partial charge on any atom is -0.329 e. The first-order chi connectivity index (χ1) is 9.17. The predicted molar refractivity (Wildman–Crippen MR) is 85.8 cm³/mol. The average Bonchev–Trinajstić information content (AvgIpc) is 2.91. The summed E-state index contributed by atoms with van der Waals surface area (Å²) in [7, 11) is 0. The maximum atomic E-state index is 6.23. The molecule has 0 bridgehead atoms. The number of nitrogens with two attached hydrogens (primary N) is 1. The molecular weight excluding hydrogens is 254 g/mol. The molecule has 0 aromatic rings. The Morgan fingerprint density at radius 2 is 2.11 bits per heavy atom. The van der Waals surface area contributed by atoms with Gasteiger partial charge >= 0.3 is 0 Å². The number of thioether (sulfide) groups is 1. The standard InChI is InChI=1S/C15H31N3S/c1-4-17(5-2)14-7-9-18(11-14)15(12-16)8-6-10-19-13(15)3/h13-14H,4-12,16H2,1-3H3. The molecule has 3 nitrogen and oxygen atoms in total. The summed E-state index contributed by atoms with van der Waals surface area (Å²) in [6.07, 6.45) is 3.95. The van der Waals surface area contributed by atoms with Gasteiger partial charge in [0.05, 0.1) is 0 Å². The predicted octanol–water partition coefficient (Wildman–Crippen LogP) is 2.02. The van der Waals surface area contributed by atoms with Crippen LogP contribution in [0.25, 0.3) is 0 Å². The number of hydrogen-bond acceptors (Lipinski definition) is 4. The Kier molecular flexibility index (Phi) is 5.58. The highest BCUT2D eigenvalue weighted by Crippen LogP contribution is 2.39. The van der Waals surface area contributed by atoms with Crippen LogP contribution >= 0.6 is 11.8 Å². The van der Waals surface area contributed by atoms with Gasteiger partial charge in [-0.25, -0.2) is 0 Å². The van der Waals surface area contributed by atoms with Crippen molar-refractivity contribution >= 4 is 11.8 Å². The molecule has 4 heteroatoms. The molecule has 2 rings (SSSR count). The van der Waals surface area contributed by atoms with Gasteiger partial charge in [0.2, 0.25) is 0 Å². The molecular formula is C15H31N3S. The van der Waals surface area contributed by atoms with Crippen LogP contribution in [-0.4, -0.2) is 65.1 Å². The topological polar surface area (TPSA) is 32.5 Å². The molecule has 19 heavy (non-hydrogen) atoms. The van der Waals surface area contributed by atoms with Crippen molar-refractivity contribution in [2.45, 2.75) is 56.9 Å². The molecule has 112 valence electrons. The fourth-order valence-electron chi connectivity index (χ4n) is 3.99. The average molecular weight is 286 g/mol. The van der Waals surface area contributed by atoms with Crippen LogP contribution in [0.4, 0.5) is 0 Å². The molecule has 0 radical (unpaired) electrons. The first kappa shape index (κ1) is 15.6. The van der Waals surface area contributed by atoms with E-state index in [0.29, 0.717) is 5.25 Å². The molecule has 0 spiro atoms. The van der Waals surface area contributed by atoms with Crippen molar-refractivity contribution < 1.29 is 0 Å². The van der Waals surface area contributed by atoms with Crippen LogP contribution in [0.15, 0.2) is 0 Å². The summed E-state index contributed by atoms with van der Waals surface area (Å²) in [4.78, 5) is 5.34. The van der Waals surface area contributed by atoms with Crippen LogP contribution in [0.1, 0.15) is 40.0 Å². The van der Waals surface area contributed by atoms with E-state index in [9.17, 15) is 0 Å². The third-order valence-electron chi connectivity index (χ3n) is 5.35. The minimum absolute atomic E-state index is 0.269. The Hall–Kier alpha value is 0.230. The lowest BCUT2D eigenvalue weighted by Crippen LogP contribution is -2.60. The molecule has 3 unspecified atom stereocenters. The van der Waals surface area contributed by atoms with Crippen LogP contribution in [0.5, 0.6) is 0 Å². The van der Waals surface area contributed by atoms with Gasteiger partial charge in [0.25, 0.3) is 0 Å². The molecule has 0 saturated carbocycles. The van der Waals surface area contributed by atoms with E-state index in [4.69, 9.17) is 5.73 Å². The van der Waals surface area contributed by atoms with Gasteiger partial charge in [0, 0.05) is 36.5 Å². The van der Waals surface area contributed by atoms with E-state index >= 15 is 0 Å². The highest BCUT2D eigenvalue weighted by Gasteiger charge is 2.45. The molecule has 0 aliphatic carbocycles. The van der Waals surface area contributed by atoms with Crippen LogP contribution in [0.2, 0.25) is 0 Å². The van der Waals surface area contributed by atoms with Crippen molar-refractivity contribution in [3.8, 4) is 0 Å². The second-order valence-corrected chi connectivity index (χ2v) is 7.48. The molecule has 2 saturated heterocycles. The van der Waals surface area contributed by atoms with Gasteiger partial charge in [-0.3, -0.25) is 9.80 Å².